The first-order chi connectivity index (χ1) is 4.45. The molecule has 0 spiro atoms. The van der Waals surface area contributed by atoms with E-state index >= 15 is 0 Å². The largest absolute Gasteiger partial charge is 0.313 e. The molecule has 5 heteroatoms. The fourth-order valence-corrected chi connectivity index (χ4v) is 1.42. The van der Waals surface area contributed by atoms with Gasteiger partial charge in [0.1, 0.15) is 4.75 Å². The van der Waals surface area contributed by atoms with Crippen LogP contribution in [0.2, 0.25) is 0 Å². The van der Waals surface area contributed by atoms with Gasteiger partial charge < -0.3 is 0 Å². The van der Waals surface area contributed by atoms with Crippen LogP contribution >= 0.6 is 11.8 Å². The molecule has 0 aromatic rings. The Balaban J connectivity index is 2.92. The maximum absolute atomic E-state index is 10.9. The van der Waals surface area contributed by atoms with Crippen molar-refractivity contribution in [3.05, 3.63) is 0 Å². The van der Waals surface area contributed by atoms with Crippen LogP contribution in [0.5, 0.6) is 0 Å². The molecule has 0 radical (unpaired) electrons. The zero-order chi connectivity index (χ0) is 7.94. The number of amides is 2. The second-order valence-electron chi connectivity index (χ2n) is 2.50. The average molecular weight is 161 g/mol. The fraction of sp³-hybridized carbons (Fsp3) is 0.600. The van der Waals surface area contributed by atoms with Gasteiger partial charge in [0, 0.05) is 0 Å². The molecule has 1 rings (SSSR count). The predicted octanol–water partition coefficient (Wildman–Crippen LogP) is 0.850. The van der Waals surface area contributed by atoms with E-state index in [-0.39, 0.29) is 5.06 Å². The molecule has 0 aromatic carbocycles. The average Bonchev–Trinajstić information content (AvgIpc) is 1.95. The summed E-state index contributed by atoms with van der Waals surface area (Å²) in [6.07, 6.45) is 0. The number of thioether (sulfide) groups is 1. The van der Waals surface area contributed by atoms with Gasteiger partial charge in [0.2, 0.25) is 0 Å². The maximum atomic E-state index is 10.9. The van der Waals surface area contributed by atoms with Crippen LogP contribution in [0.25, 0.3) is 0 Å². The van der Waals surface area contributed by atoms with Gasteiger partial charge in [-0.15, -0.1) is 5.06 Å². The summed E-state index contributed by atoms with van der Waals surface area (Å²) in [4.78, 5) is 21.5. The molecule has 1 N–H and O–H groups in total. The number of hydrogen-bond acceptors (Lipinski definition) is 4. The van der Waals surface area contributed by atoms with Crippen LogP contribution in [-0.2, 0) is 4.79 Å². The van der Waals surface area contributed by atoms with Crippen LogP contribution < -0.4 is 0 Å². The van der Waals surface area contributed by atoms with Crippen LogP contribution in [0.15, 0.2) is 0 Å². The van der Waals surface area contributed by atoms with Gasteiger partial charge in [0.05, 0.1) is 0 Å². The van der Waals surface area contributed by atoms with Crippen molar-refractivity contribution in [2.24, 2.45) is 0 Å². The molecule has 0 unspecified atom stereocenters. The van der Waals surface area contributed by atoms with Crippen LogP contribution in [0.1, 0.15) is 13.8 Å². The molecule has 10 heavy (non-hydrogen) atoms. The van der Waals surface area contributed by atoms with E-state index in [4.69, 9.17) is 5.21 Å². The molecule has 0 saturated carbocycles. The summed E-state index contributed by atoms with van der Waals surface area (Å²) in [7, 11) is 0. The van der Waals surface area contributed by atoms with Crippen molar-refractivity contribution in [3.8, 4) is 0 Å². The Hall–Kier alpha value is -0.550. The normalized spacial score (nSPS) is 24.1. The van der Waals surface area contributed by atoms with Crippen molar-refractivity contribution < 1.29 is 14.8 Å². The molecule has 1 heterocycles. The number of hydroxylamine groups is 2. The Kier molecular flexibility index (Phi) is 1.48. The van der Waals surface area contributed by atoms with Crippen LogP contribution in [0.4, 0.5) is 4.79 Å². The molecular weight excluding hydrogens is 154 g/mol. The molecule has 1 saturated heterocycles. The van der Waals surface area contributed by atoms with E-state index in [0.717, 1.165) is 11.8 Å². The molecule has 2 amide bonds. The first-order valence-electron chi connectivity index (χ1n) is 2.71. The second-order valence-corrected chi connectivity index (χ2v) is 4.07. The lowest BCUT2D eigenvalue weighted by atomic mass is 10.2. The monoisotopic (exact) mass is 161 g/mol. The fourth-order valence-electron chi connectivity index (χ4n) is 0.643. The van der Waals surface area contributed by atoms with Gasteiger partial charge in [-0.25, -0.2) is 0 Å². The minimum atomic E-state index is -0.800. The summed E-state index contributed by atoms with van der Waals surface area (Å²) in [6, 6.07) is 0. The molecule has 0 atom stereocenters. The van der Waals surface area contributed by atoms with E-state index in [1.807, 2.05) is 0 Å². The third-order valence-corrected chi connectivity index (χ3v) is 2.26. The van der Waals surface area contributed by atoms with Gasteiger partial charge in [0.15, 0.2) is 0 Å². The van der Waals surface area contributed by atoms with Crippen molar-refractivity contribution in [3.63, 3.8) is 0 Å². The van der Waals surface area contributed by atoms with Gasteiger partial charge in [0.25, 0.3) is 5.91 Å². The molecule has 0 bridgehead atoms. The Morgan fingerprint density at radius 3 is 2.10 bits per heavy atom. The van der Waals surface area contributed by atoms with Gasteiger partial charge >= 0.3 is 5.24 Å². The van der Waals surface area contributed by atoms with Crippen molar-refractivity contribution >= 4 is 22.9 Å². The van der Waals surface area contributed by atoms with E-state index in [2.05, 4.69) is 0 Å². The van der Waals surface area contributed by atoms with Crippen LogP contribution in [0, 0.1) is 0 Å². The van der Waals surface area contributed by atoms with Crippen molar-refractivity contribution in [2.45, 2.75) is 18.6 Å². The Labute approximate surface area is 62.1 Å². The molecule has 1 aliphatic rings. The topological polar surface area (TPSA) is 57.6 Å². The van der Waals surface area contributed by atoms with E-state index < -0.39 is 15.9 Å². The molecule has 1 fully saturated rings. The molecular formula is C5H7NO3S. The standard InChI is InChI=1S/C5H7NO3S/c1-5(2)3(7)6(9)4(8)10-5/h9H,1-2H3. The maximum Gasteiger partial charge on any atom is 0.313 e. The summed E-state index contributed by atoms with van der Waals surface area (Å²) in [5.41, 5.74) is 0. The smallest absolute Gasteiger partial charge is 0.278 e. The summed E-state index contributed by atoms with van der Waals surface area (Å²) >= 11 is 0.826. The highest BCUT2D eigenvalue weighted by Gasteiger charge is 2.45. The second kappa shape index (κ2) is 1.96. The van der Waals surface area contributed by atoms with Crippen molar-refractivity contribution in [1.29, 1.82) is 0 Å². The van der Waals surface area contributed by atoms with Gasteiger partial charge in [-0.05, 0) is 25.6 Å². The molecule has 1 aliphatic heterocycles. The first kappa shape index (κ1) is 7.56. The lowest BCUT2D eigenvalue weighted by Crippen LogP contribution is -2.32. The first-order valence-corrected chi connectivity index (χ1v) is 3.53. The van der Waals surface area contributed by atoms with Gasteiger partial charge in [-0.1, -0.05) is 0 Å². The number of carbonyl (C=O) groups is 2. The van der Waals surface area contributed by atoms with E-state index in [1.54, 1.807) is 13.8 Å². The molecule has 0 aliphatic carbocycles. The summed E-state index contributed by atoms with van der Waals surface area (Å²) in [6.45, 7) is 3.18. The lowest BCUT2D eigenvalue weighted by molar-refractivity contribution is -0.151. The van der Waals surface area contributed by atoms with E-state index in [1.165, 1.54) is 0 Å². The third-order valence-electron chi connectivity index (χ3n) is 1.22. The zero-order valence-corrected chi connectivity index (χ0v) is 6.44. The summed E-state index contributed by atoms with van der Waals surface area (Å²) in [5.74, 6) is -0.553. The zero-order valence-electron chi connectivity index (χ0n) is 5.62. The lowest BCUT2D eigenvalue weighted by Gasteiger charge is -2.09. The SMILES string of the molecule is CC1(C)SC(=O)N(O)C1=O. The summed E-state index contributed by atoms with van der Waals surface area (Å²) in [5, 5.41) is 8.27. The molecule has 0 aromatic heterocycles. The number of imide groups is 1. The highest BCUT2D eigenvalue weighted by atomic mass is 32.2. The van der Waals surface area contributed by atoms with Gasteiger partial charge in [-0.3, -0.25) is 14.8 Å². The highest BCUT2D eigenvalue weighted by molar-refractivity contribution is 8.15. The number of nitrogens with zero attached hydrogens (tertiary/aromatic N) is 1. The molecule has 56 valence electrons. The summed E-state index contributed by atoms with van der Waals surface area (Å²) < 4.78 is -0.800. The third kappa shape index (κ3) is 0.911. The minimum Gasteiger partial charge on any atom is -0.278 e. The number of hydrogen-bond donors (Lipinski definition) is 1. The Bertz CT molecular complexity index is 201. The Morgan fingerprint density at radius 2 is 2.00 bits per heavy atom. The van der Waals surface area contributed by atoms with E-state index in [9.17, 15) is 9.59 Å². The van der Waals surface area contributed by atoms with Crippen LogP contribution in [0.3, 0.4) is 0 Å². The highest BCUT2D eigenvalue weighted by Crippen LogP contribution is 2.35. The number of carbonyl (C=O) groups excluding carboxylic acids is 2. The predicted molar refractivity (Wildman–Crippen MR) is 35.7 cm³/mol. The molecule has 4 nitrogen and oxygen atoms in total. The van der Waals surface area contributed by atoms with Gasteiger partial charge in [-0.2, -0.15) is 0 Å². The Morgan fingerprint density at radius 1 is 1.50 bits per heavy atom. The van der Waals surface area contributed by atoms with Crippen molar-refractivity contribution in [2.75, 3.05) is 0 Å². The quantitative estimate of drug-likeness (QED) is 0.535. The number of rotatable bonds is 0. The minimum absolute atomic E-state index is 0.157. The van der Waals surface area contributed by atoms with Crippen LogP contribution in [-0.4, -0.2) is 26.2 Å². The van der Waals surface area contributed by atoms with E-state index in [0.29, 0.717) is 0 Å². The van der Waals surface area contributed by atoms with Crippen molar-refractivity contribution in [1.82, 2.24) is 5.06 Å².